The normalized spacial score (nSPS) is 15.2. The Labute approximate surface area is 420 Å². The first-order chi connectivity index (χ1) is 35.2. The van der Waals surface area contributed by atoms with Gasteiger partial charge in [0.25, 0.3) is 0 Å². The number of aromatic nitrogens is 3. The molecule has 7 heterocycles. The number of hydrogen-bond acceptors (Lipinski definition) is 10. The number of nitrogens with zero attached hydrogens (tertiary/aromatic N) is 11. The Hall–Kier alpha value is -8.96. The Morgan fingerprint density at radius 1 is 0.333 bits per heavy atom. The summed E-state index contributed by atoms with van der Waals surface area (Å²) in [4.78, 5) is 29.0. The Bertz CT molecular complexity index is 3540. The molecule has 9 aromatic rings. The molecule has 0 atom stereocenters. The van der Waals surface area contributed by atoms with Gasteiger partial charge in [-0.2, -0.15) is 0 Å². The van der Waals surface area contributed by atoms with Crippen LogP contribution in [-0.4, -0.2) is 41.2 Å². The van der Waals surface area contributed by atoms with Crippen LogP contribution in [0.3, 0.4) is 0 Å². The van der Waals surface area contributed by atoms with Gasteiger partial charge in [-0.25, -0.2) is 9.97 Å². The van der Waals surface area contributed by atoms with E-state index in [2.05, 4.69) is 267 Å². The van der Waals surface area contributed by atoms with Gasteiger partial charge in [0.1, 0.15) is 25.0 Å². The second-order valence-corrected chi connectivity index (χ2v) is 19.5. The highest BCUT2D eigenvalue weighted by Gasteiger charge is 2.31. The number of aryl methyl sites for hydroxylation is 4. The van der Waals surface area contributed by atoms with Crippen molar-refractivity contribution in [1.82, 2.24) is 14.5 Å². The van der Waals surface area contributed by atoms with Crippen molar-refractivity contribution in [2.75, 3.05) is 65.9 Å². The molecular formula is C61H55N11. The molecule has 0 saturated carbocycles. The molecule has 0 unspecified atom stereocenters. The van der Waals surface area contributed by atoms with Crippen LogP contribution in [0.15, 0.2) is 195 Å². The standard InChI is InChI=1S/C61H55N11/c1-42-10-18-47(19-11-42)64-26-29-67(38-64)56-32-51(33-57(46(56)5)68-30-27-65(39-68)48-20-12-43(2)13-21-48)72-58-34-60(69-31-28-66(40-69)49-22-14-44(3)15-23-49)62-36-52(58)53-37-63-61(35-59(53)72)71-41-70(50-24-16-45(4)17-25-50)54-8-6-7-9-55(54)71/h6-37H,38-41H2,1-5H3. The molecule has 0 spiro atoms. The maximum Gasteiger partial charge on any atom is 0.136 e. The molecule has 0 saturated heterocycles. The lowest BCUT2D eigenvalue weighted by atomic mass is 10.1. The topological polar surface area (TPSA) is 56.6 Å². The Kier molecular flexibility index (Phi) is 10.3. The molecule has 4 aliphatic rings. The van der Waals surface area contributed by atoms with Crippen molar-refractivity contribution >= 4 is 78.9 Å². The second-order valence-electron chi connectivity index (χ2n) is 19.5. The molecule has 4 aliphatic heterocycles. The van der Waals surface area contributed by atoms with Gasteiger partial charge in [0.05, 0.1) is 41.4 Å². The maximum atomic E-state index is 5.28. The Morgan fingerprint density at radius 3 is 1.21 bits per heavy atom. The van der Waals surface area contributed by atoms with E-state index in [-0.39, 0.29) is 0 Å². The van der Waals surface area contributed by atoms with Crippen molar-refractivity contribution in [2.45, 2.75) is 34.6 Å². The third-order valence-electron chi connectivity index (χ3n) is 14.7. The fourth-order valence-corrected chi connectivity index (χ4v) is 10.5. The SMILES string of the molecule is Cc1ccc(N2C=CN(c3cc4c(cn3)c3cnc(N5CN(c6ccc(C)cc6)c6ccccc65)cc3n4-c3cc(N4C=CN(c5ccc(C)cc5)C4)c(C)c(N4C=CN(c5ccc(C)cc5)C4)c3)C2)cc1. The first-order valence-corrected chi connectivity index (χ1v) is 24.7. The summed E-state index contributed by atoms with van der Waals surface area (Å²) in [6.07, 6.45) is 17.2. The van der Waals surface area contributed by atoms with Gasteiger partial charge in [0, 0.05) is 107 Å². The number of pyridine rings is 2. The van der Waals surface area contributed by atoms with Gasteiger partial charge >= 0.3 is 0 Å². The van der Waals surface area contributed by atoms with Gasteiger partial charge in [-0.05, 0) is 113 Å². The summed E-state index contributed by atoms with van der Waals surface area (Å²) >= 11 is 0. The van der Waals surface area contributed by atoms with Crippen LogP contribution >= 0.6 is 0 Å². The van der Waals surface area contributed by atoms with Crippen LogP contribution in [0.1, 0.15) is 27.8 Å². The summed E-state index contributed by atoms with van der Waals surface area (Å²) in [7, 11) is 0. The molecule has 6 aromatic carbocycles. The summed E-state index contributed by atoms with van der Waals surface area (Å²) in [6, 6.07) is 53.0. The fourth-order valence-electron chi connectivity index (χ4n) is 10.5. The number of rotatable bonds is 9. The predicted octanol–water partition coefficient (Wildman–Crippen LogP) is 13.6. The molecule has 72 heavy (non-hydrogen) atoms. The van der Waals surface area contributed by atoms with E-state index >= 15 is 0 Å². The zero-order valence-electron chi connectivity index (χ0n) is 41.2. The molecule has 0 bridgehead atoms. The Morgan fingerprint density at radius 2 is 0.722 bits per heavy atom. The van der Waals surface area contributed by atoms with Crippen molar-refractivity contribution in [3.05, 3.63) is 223 Å². The fraction of sp³-hybridized carbons (Fsp3) is 0.148. The average molecular weight is 942 g/mol. The van der Waals surface area contributed by atoms with Crippen LogP contribution in [-0.2, 0) is 0 Å². The van der Waals surface area contributed by atoms with Crippen molar-refractivity contribution in [1.29, 1.82) is 0 Å². The third kappa shape index (κ3) is 7.52. The second kappa shape index (κ2) is 17.2. The highest BCUT2D eigenvalue weighted by molar-refractivity contribution is 6.10. The predicted molar refractivity (Wildman–Crippen MR) is 298 cm³/mol. The zero-order chi connectivity index (χ0) is 48.6. The lowest BCUT2D eigenvalue weighted by Crippen LogP contribution is -2.27. The highest BCUT2D eigenvalue weighted by atomic mass is 15.4. The molecule has 13 rings (SSSR count). The van der Waals surface area contributed by atoms with E-state index in [1.54, 1.807) is 0 Å². The van der Waals surface area contributed by atoms with E-state index in [9.17, 15) is 0 Å². The number of hydrogen-bond donors (Lipinski definition) is 0. The molecule has 11 nitrogen and oxygen atoms in total. The molecule has 11 heteroatoms. The summed E-state index contributed by atoms with van der Waals surface area (Å²) < 4.78 is 2.44. The van der Waals surface area contributed by atoms with Gasteiger partial charge in [-0.15, -0.1) is 0 Å². The zero-order valence-corrected chi connectivity index (χ0v) is 41.2. The molecule has 354 valence electrons. The molecule has 0 fully saturated rings. The lowest BCUT2D eigenvalue weighted by molar-refractivity contribution is 0.949. The summed E-state index contributed by atoms with van der Waals surface area (Å²) in [5.41, 5.74) is 18.5. The van der Waals surface area contributed by atoms with Crippen LogP contribution in [0, 0.1) is 34.6 Å². The number of anilines is 10. The van der Waals surface area contributed by atoms with Gasteiger partial charge in [0.15, 0.2) is 0 Å². The minimum atomic E-state index is 0.627. The molecule has 0 aliphatic carbocycles. The molecular weight excluding hydrogens is 887 g/mol. The van der Waals surface area contributed by atoms with Crippen molar-refractivity contribution in [3.8, 4) is 5.69 Å². The third-order valence-corrected chi connectivity index (χ3v) is 14.7. The van der Waals surface area contributed by atoms with E-state index in [0.717, 1.165) is 84.6 Å². The minimum absolute atomic E-state index is 0.627. The van der Waals surface area contributed by atoms with Gasteiger partial charge in [-0.1, -0.05) is 82.9 Å². The van der Waals surface area contributed by atoms with Crippen LogP contribution in [0.4, 0.5) is 57.1 Å². The maximum absolute atomic E-state index is 5.28. The van der Waals surface area contributed by atoms with E-state index in [4.69, 9.17) is 9.97 Å². The molecule has 0 radical (unpaired) electrons. The van der Waals surface area contributed by atoms with E-state index in [1.165, 1.54) is 27.8 Å². The first kappa shape index (κ1) is 43.1. The van der Waals surface area contributed by atoms with Gasteiger partial charge < -0.3 is 43.8 Å². The summed E-state index contributed by atoms with van der Waals surface area (Å²) in [5.74, 6) is 1.74. The van der Waals surface area contributed by atoms with E-state index in [1.807, 2.05) is 6.20 Å². The van der Waals surface area contributed by atoms with Gasteiger partial charge in [0.2, 0.25) is 0 Å². The smallest absolute Gasteiger partial charge is 0.136 e. The highest BCUT2D eigenvalue weighted by Crippen LogP contribution is 2.46. The van der Waals surface area contributed by atoms with Crippen LogP contribution in [0.25, 0.3) is 27.5 Å². The molecule has 0 amide bonds. The largest absolute Gasteiger partial charge is 0.328 e. The van der Waals surface area contributed by atoms with E-state index < -0.39 is 0 Å². The van der Waals surface area contributed by atoms with Crippen LogP contribution < -0.4 is 39.2 Å². The van der Waals surface area contributed by atoms with Crippen LogP contribution in [0.2, 0.25) is 0 Å². The minimum Gasteiger partial charge on any atom is -0.328 e. The average Bonchev–Trinajstić information content (AvgIpc) is 4.28. The van der Waals surface area contributed by atoms with Crippen molar-refractivity contribution in [2.24, 2.45) is 0 Å². The van der Waals surface area contributed by atoms with Crippen molar-refractivity contribution < 1.29 is 0 Å². The summed E-state index contributed by atoms with van der Waals surface area (Å²) in [5, 5.41) is 2.08. The molecule has 0 N–H and O–H groups in total. The Balaban J connectivity index is 0.971. The van der Waals surface area contributed by atoms with E-state index in [0.29, 0.717) is 26.7 Å². The van der Waals surface area contributed by atoms with Gasteiger partial charge in [-0.3, -0.25) is 0 Å². The summed E-state index contributed by atoms with van der Waals surface area (Å²) in [6.45, 7) is 13.4. The molecule has 3 aromatic heterocycles. The van der Waals surface area contributed by atoms with Crippen LogP contribution in [0.5, 0.6) is 0 Å². The number of fused-ring (bicyclic) bond motifs is 4. The number of para-hydroxylation sites is 2. The number of benzene rings is 6. The monoisotopic (exact) mass is 941 g/mol. The first-order valence-electron chi connectivity index (χ1n) is 24.7. The lowest BCUT2D eigenvalue weighted by Gasteiger charge is -2.29. The van der Waals surface area contributed by atoms with Crippen molar-refractivity contribution in [3.63, 3.8) is 0 Å². The quantitative estimate of drug-likeness (QED) is 0.140.